The van der Waals surface area contributed by atoms with Gasteiger partial charge >= 0.3 is 0 Å². The molecule has 0 N–H and O–H groups in total. The summed E-state index contributed by atoms with van der Waals surface area (Å²) in [4.78, 5) is 17.5. The van der Waals surface area contributed by atoms with Gasteiger partial charge in [-0.3, -0.25) is 4.79 Å². The SMILES string of the molecule is CCCCc1nc2ccc(Br)cc2c(=O)n1N=C/C=C/c1ccco1. The van der Waals surface area contributed by atoms with Crippen molar-refractivity contribution in [2.75, 3.05) is 0 Å². The first kappa shape index (κ1) is 17.4. The number of fused-ring (bicyclic) bond motifs is 1. The standard InChI is InChI=1S/C19H18BrN3O2/c1-2-3-8-18-22-17-10-9-14(20)13-16(17)19(24)23(18)21-11-4-6-15-7-5-12-25-15/h4-7,9-13H,2-3,8H2,1H3/b6-4+,21-11?. The topological polar surface area (TPSA) is 60.4 Å². The van der Waals surface area contributed by atoms with Gasteiger partial charge in [0.2, 0.25) is 0 Å². The van der Waals surface area contributed by atoms with Crippen LogP contribution < -0.4 is 5.56 Å². The van der Waals surface area contributed by atoms with Crippen LogP contribution in [-0.2, 0) is 6.42 Å². The molecule has 3 rings (SSSR count). The Kier molecular flexibility index (Phi) is 5.60. The van der Waals surface area contributed by atoms with E-state index in [1.807, 2.05) is 24.3 Å². The van der Waals surface area contributed by atoms with Crippen LogP contribution in [0, 0.1) is 0 Å². The van der Waals surface area contributed by atoms with E-state index < -0.39 is 0 Å². The van der Waals surface area contributed by atoms with Gasteiger partial charge in [-0.25, -0.2) is 4.98 Å². The molecule has 0 aliphatic rings. The van der Waals surface area contributed by atoms with E-state index in [-0.39, 0.29) is 5.56 Å². The third kappa shape index (κ3) is 4.14. The quantitative estimate of drug-likeness (QED) is 0.567. The highest BCUT2D eigenvalue weighted by molar-refractivity contribution is 9.10. The van der Waals surface area contributed by atoms with Crippen molar-refractivity contribution in [3.8, 4) is 0 Å². The number of aromatic nitrogens is 2. The maximum Gasteiger partial charge on any atom is 0.282 e. The number of hydrogen-bond donors (Lipinski definition) is 0. The number of rotatable bonds is 6. The van der Waals surface area contributed by atoms with Crippen LogP contribution in [0.4, 0.5) is 0 Å². The Balaban J connectivity index is 2.00. The van der Waals surface area contributed by atoms with E-state index in [9.17, 15) is 4.79 Å². The van der Waals surface area contributed by atoms with Crippen molar-refractivity contribution in [2.24, 2.45) is 5.10 Å². The molecule has 128 valence electrons. The third-order valence-electron chi connectivity index (χ3n) is 3.70. The summed E-state index contributed by atoms with van der Waals surface area (Å²) in [6.45, 7) is 2.11. The summed E-state index contributed by atoms with van der Waals surface area (Å²) in [5.74, 6) is 1.40. The van der Waals surface area contributed by atoms with E-state index >= 15 is 0 Å². The van der Waals surface area contributed by atoms with Crippen molar-refractivity contribution in [3.05, 3.63) is 69.1 Å². The molecular formula is C19H18BrN3O2. The fraction of sp³-hybridized carbons (Fsp3) is 0.211. The van der Waals surface area contributed by atoms with Crippen LogP contribution >= 0.6 is 15.9 Å². The van der Waals surface area contributed by atoms with E-state index in [1.54, 1.807) is 30.7 Å². The summed E-state index contributed by atoms with van der Waals surface area (Å²) in [6.07, 6.45) is 9.38. The molecule has 0 fully saturated rings. The van der Waals surface area contributed by atoms with Gasteiger partial charge in [0.05, 0.1) is 17.2 Å². The zero-order valence-corrected chi connectivity index (χ0v) is 15.4. The lowest BCUT2D eigenvalue weighted by molar-refractivity contribution is 0.557. The summed E-state index contributed by atoms with van der Waals surface area (Å²) in [6, 6.07) is 9.17. The Labute approximate surface area is 153 Å². The average molecular weight is 400 g/mol. The number of aryl methyl sites for hydroxylation is 1. The predicted octanol–water partition coefficient (Wildman–Crippen LogP) is 4.64. The summed E-state index contributed by atoms with van der Waals surface area (Å²) in [5.41, 5.74) is 0.525. The molecule has 3 aromatic rings. The Morgan fingerprint density at radius 1 is 1.36 bits per heavy atom. The van der Waals surface area contributed by atoms with Gasteiger partial charge in [-0.15, -0.1) is 0 Å². The number of hydrogen-bond acceptors (Lipinski definition) is 4. The van der Waals surface area contributed by atoms with Gasteiger partial charge in [-0.05, 0) is 48.9 Å². The van der Waals surface area contributed by atoms with Gasteiger partial charge in [-0.2, -0.15) is 9.78 Å². The summed E-state index contributed by atoms with van der Waals surface area (Å²) in [5, 5.41) is 4.85. The largest absolute Gasteiger partial charge is 0.465 e. The van der Waals surface area contributed by atoms with Gasteiger partial charge in [0.1, 0.15) is 11.6 Å². The number of furan rings is 1. The van der Waals surface area contributed by atoms with Crippen LogP contribution in [0.3, 0.4) is 0 Å². The number of allylic oxidation sites excluding steroid dienone is 1. The molecule has 1 aromatic carbocycles. The molecule has 0 atom stereocenters. The fourth-order valence-corrected chi connectivity index (χ4v) is 2.80. The average Bonchev–Trinajstić information content (AvgIpc) is 3.12. The fourth-order valence-electron chi connectivity index (χ4n) is 2.44. The number of halogens is 1. The minimum absolute atomic E-state index is 0.167. The van der Waals surface area contributed by atoms with E-state index in [0.29, 0.717) is 23.1 Å². The van der Waals surface area contributed by atoms with E-state index in [1.165, 1.54) is 4.68 Å². The lowest BCUT2D eigenvalue weighted by atomic mass is 10.2. The first-order valence-corrected chi connectivity index (χ1v) is 8.94. The van der Waals surface area contributed by atoms with Crippen LogP contribution in [0.1, 0.15) is 31.4 Å². The van der Waals surface area contributed by atoms with Crippen LogP contribution in [0.5, 0.6) is 0 Å². The van der Waals surface area contributed by atoms with Crippen molar-refractivity contribution in [1.29, 1.82) is 0 Å². The predicted molar refractivity (Wildman–Crippen MR) is 104 cm³/mol. The molecule has 0 spiro atoms. The molecule has 2 aromatic heterocycles. The number of nitrogens with zero attached hydrogens (tertiary/aromatic N) is 3. The van der Waals surface area contributed by atoms with E-state index in [0.717, 1.165) is 23.1 Å². The summed E-state index contributed by atoms with van der Waals surface area (Å²) >= 11 is 3.40. The van der Waals surface area contributed by atoms with Crippen LogP contribution in [0.15, 0.2) is 61.5 Å². The van der Waals surface area contributed by atoms with E-state index in [4.69, 9.17) is 4.42 Å². The zero-order chi connectivity index (χ0) is 17.6. The maximum absolute atomic E-state index is 12.8. The maximum atomic E-state index is 12.8. The second kappa shape index (κ2) is 8.07. The molecule has 0 amide bonds. The van der Waals surface area contributed by atoms with Gasteiger partial charge in [0.25, 0.3) is 5.56 Å². The normalized spacial score (nSPS) is 11.9. The van der Waals surface area contributed by atoms with Crippen molar-refractivity contribution < 1.29 is 4.42 Å². The van der Waals surface area contributed by atoms with Gasteiger partial charge in [0, 0.05) is 17.1 Å². The highest BCUT2D eigenvalue weighted by Crippen LogP contribution is 2.16. The lowest BCUT2D eigenvalue weighted by Crippen LogP contribution is -2.22. The van der Waals surface area contributed by atoms with Gasteiger partial charge in [0.15, 0.2) is 0 Å². The second-order valence-corrected chi connectivity index (χ2v) is 6.46. The van der Waals surface area contributed by atoms with Crippen molar-refractivity contribution in [3.63, 3.8) is 0 Å². The van der Waals surface area contributed by atoms with Crippen LogP contribution in [0.2, 0.25) is 0 Å². The summed E-state index contributed by atoms with van der Waals surface area (Å²) < 4.78 is 7.45. The number of benzene rings is 1. The van der Waals surface area contributed by atoms with Gasteiger partial charge < -0.3 is 4.42 Å². The zero-order valence-electron chi connectivity index (χ0n) is 13.9. The monoisotopic (exact) mass is 399 g/mol. The van der Waals surface area contributed by atoms with Crippen LogP contribution in [0.25, 0.3) is 17.0 Å². The molecule has 0 aliphatic carbocycles. The first-order chi connectivity index (χ1) is 12.2. The molecule has 2 heterocycles. The molecule has 0 radical (unpaired) electrons. The molecule has 25 heavy (non-hydrogen) atoms. The Hall–Kier alpha value is -2.47. The highest BCUT2D eigenvalue weighted by atomic mass is 79.9. The molecule has 0 aliphatic heterocycles. The Morgan fingerprint density at radius 2 is 2.24 bits per heavy atom. The molecular weight excluding hydrogens is 382 g/mol. The van der Waals surface area contributed by atoms with Crippen molar-refractivity contribution in [2.45, 2.75) is 26.2 Å². The molecule has 0 saturated carbocycles. The first-order valence-electron chi connectivity index (χ1n) is 8.14. The molecule has 0 unspecified atom stereocenters. The van der Waals surface area contributed by atoms with Gasteiger partial charge in [-0.1, -0.05) is 29.3 Å². The third-order valence-corrected chi connectivity index (χ3v) is 4.19. The molecule has 0 saturated heterocycles. The highest BCUT2D eigenvalue weighted by Gasteiger charge is 2.10. The van der Waals surface area contributed by atoms with Crippen molar-refractivity contribution in [1.82, 2.24) is 9.66 Å². The Bertz CT molecular complexity index is 972. The van der Waals surface area contributed by atoms with Crippen LogP contribution in [-0.4, -0.2) is 15.9 Å². The molecule has 6 heteroatoms. The Morgan fingerprint density at radius 3 is 3.00 bits per heavy atom. The second-order valence-electron chi connectivity index (χ2n) is 5.55. The van der Waals surface area contributed by atoms with Crippen molar-refractivity contribution >= 4 is 39.1 Å². The van der Waals surface area contributed by atoms with E-state index in [2.05, 4.69) is 32.9 Å². The molecule has 5 nitrogen and oxygen atoms in total. The molecule has 0 bridgehead atoms. The smallest absolute Gasteiger partial charge is 0.282 e. The number of unbranched alkanes of at least 4 members (excludes halogenated alkanes) is 1. The lowest BCUT2D eigenvalue weighted by Gasteiger charge is -2.08. The minimum Gasteiger partial charge on any atom is -0.465 e. The summed E-state index contributed by atoms with van der Waals surface area (Å²) in [7, 11) is 0. The minimum atomic E-state index is -0.167.